The molecule has 0 heterocycles. The third-order valence-electron chi connectivity index (χ3n) is 2.89. The van der Waals surface area contributed by atoms with Crippen LogP contribution >= 0.6 is 27.5 Å². The van der Waals surface area contributed by atoms with Gasteiger partial charge in [0.05, 0.1) is 4.47 Å². The number of benzene rings is 2. The van der Waals surface area contributed by atoms with Crippen LogP contribution in [0.1, 0.15) is 26.3 Å². The molecule has 0 aliphatic rings. The molecule has 0 amide bonds. The van der Waals surface area contributed by atoms with E-state index in [-0.39, 0.29) is 5.54 Å². The molecule has 0 radical (unpaired) electrons. The Morgan fingerprint density at radius 1 is 1.10 bits per heavy atom. The Bertz CT molecular complexity index is 622. The highest BCUT2D eigenvalue weighted by atomic mass is 79.9. The highest BCUT2D eigenvalue weighted by Gasteiger charge is 2.12. The van der Waals surface area contributed by atoms with Gasteiger partial charge in [-0.15, -0.1) is 0 Å². The summed E-state index contributed by atoms with van der Waals surface area (Å²) in [4.78, 5) is 0. The lowest BCUT2D eigenvalue weighted by atomic mass is 10.1. The van der Waals surface area contributed by atoms with Gasteiger partial charge in [-0.3, -0.25) is 0 Å². The zero-order valence-electron chi connectivity index (χ0n) is 12.4. The van der Waals surface area contributed by atoms with E-state index in [9.17, 15) is 0 Å². The highest BCUT2D eigenvalue weighted by molar-refractivity contribution is 9.10. The van der Waals surface area contributed by atoms with Crippen LogP contribution in [0.3, 0.4) is 0 Å². The molecular formula is C17H19BrClNO. The molecule has 0 atom stereocenters. The molecule has 0 fully saturated rings. The van der Waals surface area contributed by atoms with Crippen molar-refractivity contribution in [2.75, 3.05) is 0 Å². The van der Waals surface area contributed by atoms with E-state index >= 15 is 0 Å². The zero-order valence-corrected chi connectivity index (χ0v) is 14.8. The molecule has 0 aliphatic carbocycles. The van der Waals surface area contributed by atoms with Gasteiger partial charge in [0, 0.05) is 22.7 Å². The smallest absolute Gasteiger partial charge is 0.141 e. The van der Waals surface area contributed by atoms with Crippen molar-refractivity contribution in [3.63, 3.8) is 0 Å². The molecule has 2 rings (SSSR count). The monoisotopic (exact) mass is 367 g/mol. The van der Waals surface area contributed by atoms with Gasteiger partial charge >= 0.3 is 0 Å². The summed E-state index contributed by atoms with van der Waals surface area (Å²) in [6.07, 6.45) is 0. The Kier molecular flexibility index (Phi) is 5.31. The van der Waals surface area contributed by atoms with Gasteiger partial charge in [0.15, 0.2) is 0 Å². The average Bonchev–Trinajstić information content (AvgIpc) is 2.40. The first kappa shape index (κ1) is 16.3. The number of rotatable bonds is 4. The van der Waals surface area contributed by atoms with Crippen LogP contribution < -0.4 is 10.1 Å². The SMILES string of the molecule is CC(C)(C)NCc1cc(Cl)ccc1Oc1ccccc1Br. The minimum Gasteiger partial charge on any atom is -0.456 e. The number of nitrogens with one attached hydrogen (secondary N) is 1. The Morgan fingerprint density at radius 2 is 1.81 bits per heavy atom. The van der Waals surface area contributed by atoms with E-state index < -0.39 is 0 Å². The molecule has 0 aromatic heterocycles. The van der Waals surface area contributed by atoms with E-state index in [2.05, 4.69) is 42.0 Å². The predicted octanol–water partition coefficient (Wildman–Crippen LogP) is 5.78. The van der Waals surface area contributed by atoms with Crippen LogP contribution in [0.2, 0.25) is 5.02 Å². The Balaban J connectivity index is 2.25. The van der Waals surface area contributed by atoms with Crippen LogP contribution in [0.4, 0.5) is 0 Å². The van der Waals surface area contributed by atoms with Crippen LogP contribution in [0, 0.1) is 0 Å². The van der Waals surface area contributed by atoms with Crippen molar-refractivity contribution in [1.29, 1.82) is 0 Å². The number of hydrogen-bond acceptors (Lipinski definition) is 2. The zero-order chi connectivity index (χ0) is 15.5. The van der Waals surface area contributed by atoms with Gasteiger partial charge in [0.25, 0.3) is 0 Å². The fourth-order valence-electron chi connectivity index (χ4n) is 1.79. The summed E-state index contributed by atoms with van der Waals surface area (Å²) in [5, 5.41) is 4.16. The van der Waals surface area contributed by atoms with Gasteiger partial charge in [-0.05, 0) is 67.0 Å². The minimum atomic E-state index is 0.0346. The average molecular weight is 369 g/mol. The van der Waals surface area contributed by atoms with Crippen LogP contribution in [0.5, 0.6) is 11.5 Å². The maximum absolute atomic E-state index is 6.11. The first-order valence-corrected chi connectivity index (χ1v) is 7.98. The molecule has 2 aromatic rings. The van der Waals surface area contributed by atoms with E-state index in [1.54, 1.807) is 0 Å². The highest BCUT2D eigenvalue weighted by Crippen LogP contribution is 2.32. The van der Waals surface area contributed by atoms with E-state index in [1.165, 1.54) is 0 Å². The molecule has 2 nitrogen and oxygen atoms in total. The molecule has 0 spiro atoms. The van der Waals surface area contributed by atoms with Crippen molar-refractivity contribution >= 4 is 27.5 Å². The first-order chi connectivity index (χ1) is 9.85. The van der Waals surface area contributed by atoms with Crippen molar-refractivity contribution in [3.8, 4) is 11.5 Å². The Morgan fingerprint density at radius 3 is 2.48 bits per heavy atom. The summed E-state index contributed by atoms with van der Waals surface area (Å²) in [7, 11) is 0. The van der Waals surface area contributed by atoms with Crippen molar-refractivity contribution in [2.45, 2.75) is 32.9 Å². The van der Waals surface area contributed by atoms with Gasteiger partial charge in [0.2, 0.25) is 0 Å². The lowest BCUT2D eigenvalue weighted by Crippen LogP contribution is -2.35. The van der Waals surface area contributed by atoms with Crippen molar-refractivity contribution in [1.82, 2.24) is 5.32 Å². The number of hydrogen-bond donors (Lipinski definition) is 1. The second kappa shape index (κ2) is 6.82. The molecule has 0 saturated carbocycles. The first-order valence-electron chi connectivity index (χ1n) is 6.81. The van der Waals surface area contributed by atoms with E-state index in [4.69, 9.17) is 16.3 Å². The minimum absolute atomic E-state index is 0.0346. The predicted molar refractivity (Wildman–Crippen MR) is 92.3 cm³/mol. The van der Waals surface area contributed by atoms with Gasteiger partial charge in [0.1, 0.15) is 11.5 Å². The summed E-state index contributed by atoms with van der Waals surface area (Å²) in [6.45, 7) is 7.09. The summed E-state index contributed by atoms with van der Waals surface area (Å²) in [5.41, 5.74) is 1.07. The maximum atomic E-state index is 6.11. The lowest BCUT2D eigenvalue weighted by molar-refractivity contribution is 0.414. The van der Waals surface area contributed by atoms with Crippen molar-refractivity contribution in [2.24, 2.45) is 0 Å². The van der Waals surface area contributed by atoms with Gasteiger partial charge in [-0.25, -0.2) is 0 Å². The van der Waals surface area contributed by atoms with E-state index in [0.29, 0.717) is 11.6 Å². The van der Waals surface area contributed by atoms with Crippen LogP contribution in [-0.4, -0.2) is 5.54 Å². The normalized spacial score (nSPS) is 11.5. The van der Waals surface area contributed by atoms with Crippen LogP contribution in [-0.2, 0) is 6.54 Å². The summed E-state index contributed by atoms with van der Waals surface area (Å²) in [5.74, 6) is 1.60. The molecule has 0 bridgehead atoms. The Labute approximate surface area is 139 Å². The van der Waals surface area contributed by atoms with Gasteiger partial charge in [-0.2, -0.15) is 0 Å². The fraction of sp³-hybridized carbons (Fsp3) is 0.294. The van der Waals surface area contributed by atoms with Crippen LogP contribution in [0.15, 0.2) is 46.9 Å². The number of ether oxygens (including phenoxy) is 1. The molecule has 112 valence electrons. The third kappa shape index (κ3) is 5.03. The molecule has 21 heavy (non-hydrogen) atoms. The van der Waals surface area contributed by atoms with E-state index in [0.717, 1.165) is 21.5 Å². The Hall–Kier alpha value is -1.03. The van der Waals surface area contributed by atoms with E-state index in [1.807, 2.05) is 42.5 Å². The fourth-order valence-corrected chi connectivity index (χ4v) is 2.35. The molecule has 0 aliphatic heterocycles. The summed E-state index contributed by atoms with van der Waals surface area (Å²) < 4.78 is 6.94. The topological polar surface area (TPSA) is 21.3 Å². The summed E-state index contributed by atoms with van der Waals surface area (Å²) in [6, 6.07) is 13.5. The number of halogens is 2. The lowest BCUT2D eigenvalue weighted by Gasteiger charge is -2.22. The van der Waals surface area contributed by atoms with Crippen molar-refractivity contribution in [3.05, 3.63) is 57.5 Å². The third-order valence-corrected chi connectivity index (χ3v) is 3.78. The van der Waals surface area contributed by atoms with Gasteiger partial charge < -0.3 is 10.1 Å². The molecular weight excluding hydrogens is 350 g/mol. The molecule has 4 heteroatoms. The quantitative estimate of drug-likeness (QED) is 0.738. The maximum Gasteiger partial charge on any atom is 0.141 e. The standard InChI is InChI=1S/C17H19BrClNO/c1-17(2,3)20-11-12-10-13(19)8-9-15(12)21-16-7-5-4-6-14(16)18/h4-10,20H,11H2,1-3H3. The summed E-state index contributed by atoms with van der Waals surface area (Å²) >= 11 is 9.61. The molecule has 2 aromatic carbocycles. The largest absolute Gasteiger partial charge is 0.456 e. The second-order valence-corrected chi connectivity index (χ2v) is 7.18. The van der Waals surface area contributed by atoms with Gasteiger partial charge in [-0.1, -0.05) is 23.7 Å². The molecule has 0 saturated heterocycles. The molecule has 0 unspecified atom stereocenters. The van der Waals surface area contributed by atoms with Crippen molar-refractivity contribution < 1.29 is 4.74 Å². The van der Waals surface area contributed by atoms with Crippen LogP contribution in [0.25, 0.3) is 0 Å². The molecule has 1 N–H and O–H groups in total. The number of para-hydroxylation sites is 1. The second-order valence-electron chi connectivity index (χ2n) is 5.89.